The smallest absolute Gasteiger partial charge is 0.335 e. The van der Waals surface area contributed by atoms with Gasteiger partial charge in [0, 0.05) is 12.1 Å². The number of rotatable bonds is 9. The van der Waals surface area contributed by atoms with Gasteiger partial charge >= 0.3 is 5.97 Å². The van der Waals surface area contributed by atoms with Gasteiger partial charge in [-0.3, -0.25) is 9.59 Å². The minimum absolute atomic E-state index is 0.104. The van der Waals surface area contributed by atoms with Crippen LogP contribution in [-0.2, 0) is 11.2 Å². The molecule has 0 radical (unpaired) electrons. The standard InChI is InChI=1S/C22H26N2O5/c1-14(2)19(24-20(25)16-7-9-18(29-3)10-8-16)21(26)23-12-11-15-5-4-6-17(13-15)22(27)28/h4-10,13-14,19H,11-12H2,1-3H3,(H,23,26)(H,24,25)(H,27,28). The molecule has 2 amide bonds. The Bertz CT molecular complexity index is 862. The molecule has 2 aromatic carbocycles. The summed E-state index contributed by atoms with van der Waals surface area (Å²) in [6, 6.07) is 12.5. The number of carbonyl (C=O) groups is 3. The minimum atomic E-state index is -0.989. The van der Waals surface area contributed by atoms with Crippen molar-refractivity contribution >= 4 is 17.8 Å². The number of carboxylic acid groups (broad SMARTS) is 1. The molecule has 0 aliphatic rings. The fraction of sp³-hybridized carbons (Fsp3) is 0.318. The molecule has 3 N–H and O–H groups in total. The third-order valence-electron chi connectivity index (χ3n) is 4.47. The third kappa shape index (κ3) is 6.34. The lowest BCUT2D eigenvalue weighted by atomic mass is 10.0. The quantitative estimate of drug-likeness (QED) is 0.602. The Morgan fingerprint density at radius 3 is 2.31 bits per heavy atom. The fourth-order valence-corrected chi connectivity index (χ4v) is 2.80. The number of hydrogen-bond donors (Lipinski definition) is 3. The first-order chi connectivity index (χ1) is 13.8. The predicted molar refractivity (Wildman–Crippen MR) is 109 cm³/mol. The zero-order valence-electron chi connectivity index (χ0n) is 16.8. The molecular formula is C22H26N2O5. The summed E-state index contributed by atoms with van der Waals surface area (Å²) in [5.41, 5.74) is 1.46. The van der Waals surface area contributed by atoms with E-state index in [1.165, 1.54) is 6.07 Å². The van der Waals surface area contributed by atoms with E-state index in [1.54, 1.807) is 43.5 Å². The first-order valence-corrected chi connectivity index (χ1v) is 9.36. The molecule has 29 heavy (non-hydrogen) atoms. The van der Waals surface area contributed by atoms with E-state index in [0.29, 0.717) is 24.3 Å². The molecule has 0 fully saturated rings. The van der Waals surface area contributed by atoms with Crippen LogP contribution in [0.1, 0.15) is 40.1 Å². The monoisotopic (exact) mass is 398 g/mol. The first-order valence-electron chi connectivity index (χ1n) is 9.36. The molecule has 0 bridgehead atoms. The molecule has 2 aromatic rings. The van der Waals surface area contributed by atoms with Crippen LogP contribution in [0.5, 0.6) is 5.75 Å². The maximum absolute atomic E-state index is 12.6. The Hall–Kier alpha value is -3.35. The Kier molecular flexibility index (Phi) is 7.77. The second-order valence-electron chi connectivity index (χ2n) is 6.97. The highest BCUT2D eigenvalue weighted by atomic mass is 16.5. The lowest BCUT2D eigenvalue weighted by Crippen LogP contribution is -2.50. The van der Waals surface area contributed by atoms with Crippen LogP contribution >= 0.6 is 0 Å². The zero-order chi connectivity index (χ0) is 21.4. The lowest BCUT2D eigenvalue weighted by Gasteiger charge is -2.22. The second kappa shape index (κ2) is 10.3. The van der Waals surface area contributed by atoms with E-state index in [4.69, 9.17) is 9.84 Å². The molecule has 0 saturated carbocycles. The summed E-state index contributed by atoms with van der Waals surface area (Å²) in [7, 11) is 1.55. The summed E-state index contributed by atoms with van der Waals surface area (Å²) in [4.78, 5) is 36.1. The molecule has 0 spiro atoms. The average molecular weight is 398 g/mol. The number of ether oxygens (including phenoxy) is 1. The van der Waals surface area contributed by atoms with Crippen molar-refractivity contribution in [3.05, 3.63) is 65.2 Å². The van der Waals surface area contributed by atoms with Crippen LogP contribution in [0.2, 0.25) is 0 Å². The number of carbonyl (C=O) groups excluding carboxylic acids is 2. The van der Waals surface area contributed by atoms with Gasteiger partial charge in [0.2, 0.25) is 5.91 Å². The molecule has 0 heterocycles. The van der Waals surface area contributed by atoms with Crippen LogP contribution in [0, 0.1) is 5.92 Å². The SMILES string of the molecule is COc1ccc(C(=O)NC(C(=O)NCCc2cccc(C(=O)O)c2)C(C)C)cc1. The fourth-order valence-electron chi connectivity index (χ4n) is 2.80. The summed E-state index contributed by atoms with van der Waals surface area (Å²) >= 11 is 0. The number of nitrogens with one attached hydrogen (secondary N) is 2. The van der Waals surface area contributed by atoms with Crippen molar-refractivity contribution in [2.45, 2.75) is 26.3 Å². The summed E-state index contributed by atoms with van der Waals surface area (Å²) in [5.74, 6) is -1.07. The van der Waals surface area contributed by atoms with E-state index in [-0.39, 0.29) is 23.3 Å². The van der Waals surface area contributed by atoms with Gasteiger partial charge in [0.05, 0.1) is 12.7 Å². The summed E-state index contributed by atoms with van der Waals surface area (Å²) in [5, 5.41) is 14.6. The van der Waals surface area contributed by atoms with Gasteiger partial charge in [-0.2, -0.15) is 0 Å². The summed E-state index contributed by atoms with van der Waals surface area (Å²) in [6.45, 7) is 4.05. The molecule has 0 aliphatic heterocycles. The Labute approximate surface area is 170 Å². The molecule has 7 nitrogen and oxygen atoms in total. The number of aromatic carboxylic acids is 1. The van der Waals surface area contributed by atoms with Crippen molar-refractivity contribution in [3.63, 3.8) is 0 Å². The van der Waals surface area contributed by atoms with Crippen molar-refractivity contribution in [1.82, 2.24) is 10.6 Å². The van der Waals surface area contributed by atoms with E-state index < -0.39 is 12.0 Å². The molecule has 0 aliphatic carbocycles. The van der Waals surface area contributed by atoms with Gasteiger partial charge in [-0.15, -0.1) is 0 Å². The Morgan fingerprint density at radius 1 is 1.03 bits per heavy atom. The Balaban J connectivity index is 1.93. The van der Waals surface area contributed by atoms with Gasteiger partial charge in [-0.25, -0.2) is 4.79 Å². The van der Waals surface area contributed by atoms with Gasteiger partial charge in [-0.05, 0) is 54.3 Å². The first kappa shape index (κ1) is 21.9. The number of hydrogen-bond acceptors (Lipinski definition) is 4. The molecule has 154 valence electrons. The van der Waals surface area contributed by atoms with Gasteiger partial charge in [0.25, 0.3) is 5.91 Å². The highest BCUT2D eigenvalue weighted by Crippen LogP contribution is 2.12. The topological polar surface area (TPSA) is 105 Å². The Morgan fingerprint density at radius 2 is 1.72 bits per heavy atom. The highest BCUT2D eigenvalue weighted by Gasteiger charge is 2.24. The van der Waals surface area contributed by atoms with Crippen molar-refractivity contribution in [3.8, 4) is 5.75 Å². The number of benzene rings is 2. The van der Waals surface area contributed by atoms with Crippen LogP contribution in [0.3, 0.4) is 0 Å². The molecule has 0 aromatic heterocycles. The number of carboxylic acids is 1. The van der Waals surface area contributed by atoms with E-state index in [9.17, 15) is 14.4 Å². The number of methoxy groups -OCH3 is 1. The second-order valence-corrected chi connectivity index (χ2v) is 6.97. The van der Waals surface area contributed by atoms with E-state index >= 15 is 0 Å². The maximum Gasteiger partial charge on any atom is 0.335 e. The zero-order valence-corrected chi connectivity index (χ0v) is 16.8. The van der Waals surface area contributed by atoms with Gasteiger partial charge in [-0.1, -0.05) is 26.0 Å². The third-order valence-corrected chi connectivity index (χ3v) is 4.47. The number of amides is 2. The molecule has 7 heteroatoms. The maximum atomic E-state index is 12.6. The van der Waals surface area contributed by atoms with Crippen LogP contribution < -0.4 is 15.4 Å². The summed E-state index contributed by atoms with van der Waals surface area (Å²) < 4.78 is 5.08. The van der Waals surface area contributed by atoms with Gasteiger partial charge in [0.1, 0.15) is 11.8 Å². The van der Waals surface area contributed by atoms with Gasteiger partial charge in [0.15, 0.2) is 0 Å². The van der Waals surface area contributed by atoms with Crippen LogP contribution in [0.15, 0.2) is 48.5 Å². The minimum Gasteiger partial charge on any atom is -0.497 e. The normalized spacial score (nSPS) is 11.6. The van der Waals surface area contributed by atoms with Crippen molar-refractivity contribution < 1.29 is 24.2 Å². The predicted octanol–water partition coefficient (Wildman–Crippen LogP) is 2.51. The average Bonchev–Trinajstić information content (AvgIpc) is 2.71. The van der Waals surface area contributed by atoms with Crippen molar-refractivity contribution in [2.75, 3.05) is 13.7 Å². The molecule has 0 saturated heterocycles. The lowest BCUT2D eigenvalue weighted by molar-refractivity contribution is -0.123. The van der Waals surface area contributed by atoms with Crippen LogP contribution in [-0.4, -0.2) is 42.6 Å². The van der Waals surface area contributed by atoms with Crippen molar-refractivity contribution in [2.24, 2.45) is 5.92 Å². The van der Waals surface area contributed by atoms with Crippen LogP contribution in [0.25, 0.3) is 0 Å². The van der Waals surface area contributed by atoms with Crippen LogP contribution in [0.4, 0.5) is 0 Å². The van der Waals surface area contributed by atoms with E-state index in [2.05, 4.69) is 10.6 Å². The largest absolute Gasteiger partial charge is 0.497 e. The van der Waals surface area contributed by atoms with Crippen molar-refractivity contribution in [1.29, 1.82) is 0 Å². The molecular weight excluding hydrogens is 372 g/mol. The van der Waals surface area contributed by atoms with E-state index in [0.717, 1.165) is 5.56 Å². The molecule has 2 rings (SSSR count). The highest BCUT2D eigenvalue weighted by molar-refractivity contribution is 5.97. The van der Waals surface area contributed by atoms with Gasteiger partial charge < -0.3 is 20.5 Å². The summed E-state index contributed by atoms with van der Waals surface area (Å²) in [6.07, 6.45) is 0.490. The van der Waals surface area contributed by atoms with E-state index in [1.807, 2.05) is 19.9 Å². The molecule has 1 atom stereocenters. The molecule has 1 unspecified atom stereocenters.